The Morgan fingerprint density at radius 2 is 2.09 bits per heavy atom. The second kappa shape index (κ2) is 7.59. The summed E-state index contributed by atoms with van der Waals surface area (Å²) < 4.78 is 0. The highest BCUT2D eigenvalue weighted by molar-refractivity contribution is 5.92. The van der Waals surface area contributed by atoms with Crippen molar-refractivity contribution in [3.63, 3.8) is 0 Å². The number of carboxylic acids is 1. The van der Waals surface area contributed by atoms with Crippen molar-refractivity contribution in [1.29, 1.82) is 0 Å². The summed E-state index contributed by atoms with van der Waals surface area (Å²) in [6.07, 6.45) is 0.684. The van der Waals surface area contributed by atoms with Gasteiger partial charge in [0.15, 0.2) is 0 Å². The van der Waals surface area contributed by atoms with Crippen LogP contribution in [-0.4, -0.2) is 41.5 Å². The number of nitrogens with one attached hydrogen (secondary N) is 1. The van der Waals surface area contributed by atoms with E-state index in [4.69, 9.17) is 0 Å². The molecule has 1 fully saturated rings. The van der Waals surface area contributed by atoms with E-state index in [-0.39, 0.29) is 18.4 Å². The molecule has 0 radical (unpaired) electrons. The molecule has 126 valence electrons. The van der Waals surface area contributed by atoms with Gasteiger partial charge in [-0.25, -0.2) is 0 Å². The summed E-state index contributed by atoms with van der Waals surface area (Å²) in [7, 11) is 0. The van der Waals surface area contributed by atoms with Gasteiger partial charge in [0.25, 0.3) is 0 Å². The molecule has 2 rings (SSSR count). The number of rotatable bonds is 5. The van der Waals surface area contributed by atoms with Crippen LogP contribution in [0.1, 0.15) is 38.7 Å². The number of hydrogen-bond acceptors (Lipinski definition) is 3. The van der Waals surface area contributed by atoms with Gasteiger partial charge < -0.3 is 10.4 Å². The van der Waals surface area contributed by atoms with E-state index in [1.807, 2.05) is 36.1 Å². The SMILES string of the molecule is CC1CC(C(=O)O)CN(CC(=O)Nc2cccc(C(C)C)c2)C1. The van der Waals surface area contributed by atoms with Crippen LogP contribution in [-0.2, 0) is 9.59 Å². The fraction of sp³-hybridized carbons (Fsp3) is 0.556. The Morgan fingerprint density at radius 1 is 1.35 bits per heavy atom. The molecule has 0 bridgehead atoms. The molecule has 0 aliphatic carbocycles. The van der Waals surface area contributed by atoms with E-state index < -0.39 is 5.97 Å². The molecule has 2 unspecified atom stereocenters. The van der Waals surface area contributed by atoms with Crippen LogP contribution >= 0.6 is 0 Å². The first kappa shape index (κ1) is 17.5. The zero-order chi connectivity index (χ0) is 17.0. The number of aliphatic carboxylic acids is 1. The van der Waals surface area contributed by atoms with Gasteiger partial charge in [-0.05, 0) is 36.0 Å². The first-order chi connectivity index (χ1) is 10.8. The lowest BCUT2D eigenvalue weighted by molar-refractivity contribution is -0.144. The Kier molecular flexibility index (Phi) is 5.77. The fourth-order valence-corrected chi connectivity index (χ4v) is 3.15. The van der Waals surface area contributed by atoms with E-state index in [1.165, 1.54) is 5.56 Å². The minimum absolute atomic E-state index is 0.0934. The minimum atomic E-state index is -0.772. The average molecular weight is 318 g/mol. The van der Waals surface area contributed by atoms with Crippen molar-refractivity contribution in [2.45, 2.75) is 33.1 Å². The number of carboxylic acid groups (broad SMARTS) is 1. The maximum Gasteiger partial charge on any atom is 0.307 e. The summed E-state index contributed by atoms with van der Waals surface area (Å²) >= 11 is 0. The van der Waals surface area contributed by atoms with Gasteiger partial charge in [0, 0.05) is 18.8 Å². The summed E-state index contributed by atoms with van der Waals surface area (Å²) in [5.41, 5.74) is 1.97. The molecule has 1 aromatic rings. The van der Waals surface area contributed by atoms with Crippen molar-refractivity contribution in [2.75, 3.05) is 25.0 Å². The zero-order valence-corrected chi connectivity index (χ0v) is 14.1. The number of benzene rings is 1. The predicted octanol–water partition coefficient (Wildman–Crippen LogP) is 2.79. The highest BCUT2D eigenvalue weighted by Crippen LogP contribution is 2.22. The van der Waals surface area contributed by atoms with Gasteiger partial charge >= 0.3 is 5.97 Å². The molecule has 1 aliphatic heterocycles. The standard InChI is InChI=1S/C18H26N2O3/c1-12(2)14-5-4-6-16(8-14)19-17(21)11-20-9-13(3)7-15(10-20)18(22)23/h4-6,8,12-13,15H,7,9-11H2,1-3H3,(H,19,21)(H,22,23). The highest BCUT2D eigenvalue weighted by atomic mass is 16.4. The Labute approximate surface area is 137 Å². The molecule has 1 saturated heterocycles. The summed E-state index contributed by atoms with van der Waals surface area (Å²) in [5.74, 6) is -0.542. The number of amides is 1. The van der Waals surface area contributed by atoms with Gasteiger partial charge in [-0.1, -0.05) is 32.9 Å². The van der Waals surface area contributed by atoms with Crippen molar-refractivity contribution < 1.29 is 14.7 Å². The first-order valence-corrected chi connectivity index (χ1v) is 8.20. The van der Waals surface area contributed by atoms with E-state index in [2.05, 4.69) is 19.2 Å². The fourth-order valence-electron chi connectivity index (χ4n) is 3.15. The van der Waals surface area contributed by atoms with Gasteiger partial charge in [-0.15, -0.1) is 0 Å². The van der Waals surface area contributed by atoms with Gasteiger partial charge in [0.1, 0.15) is 0 Å². The molecule has 2 atom stereocenters. The van der Waals surface area contributed by atoms with Gasteiger partial charge in [-0.2, -0.15) is 0 Å². The molecule has 0 saturated carbocycles. The van der Waals surface area contributed by atoms with Crippen LogP contribution in [0.3, 0.4) is 0 Å². The van der Waals surface area contributed by atoms with Crippen molar-refractivity contribution in [3.8, 4) is 0 Å². The largest absolute Gasteiger partial charge is 0.481 e. The summed E-state index contributed by atoms with van der Waals surface area (Å²) in [6, 6.07) is 7.85. The van der Waals surface area contributed by atoms with Crippen molar-refractivity contribution >= 4 is 17.6 Å². The second-order valence-corrected chi connectivity index (χ2v) is 6.90. The topological polar surface area (TPSA) is 69.6 Å². The molecule has 2 N–H and O–H groups in total. The van der Waals surface area contributed by atoms with Crippen LogP contribution in [0, 0.1) is 11.8 Å². The van der Waals surface area contributed by atoms with Crippen LogP contribution in [0.5, 0.6) is 0 Å². The predicted molar refractivity (Wildman–Crippen MR) is 90.5 cm³/mol. The third kappa shape index (κ3) is 5.06. The third-order valence-corrected chi connectivity index (χ3v) is 4.29. The number of carbonyl (C=O) groups excluding carboxylic acids is 1. The molecule has 0 spiro atoms. The van der Waals surface area contributed by atoms with Crippen LogP contribution in [0.4, 0.5) is 5.69 Å². The Hall–Kier alpha value is -1.88. The smallest absolute Gasteiger partial charge is 0.307 e. The first-order valence-electron chi connectivity index (χ1n) is 8.20. The number of nitrogens with zero attached hydrogens (tertiary/aromatic N) is 1. The van der Waals surface area contributed by atoms with E-state index >= 15 is 0 Å². The van der Waals surface area contributed by atoms with Gasteiger partial charge in [-0.3, -0.25) is 14.5 Å². The third-order valence-electron chi connectivity index (χ3n) is 4.29. The summed E-state index contributed by atoms with van der Waals surface area (Å²) in [6.45, 7) is 7.71. The lowest BCUT2D eigenvalue weighted by atomic mass is 9.90. The van der Waals surface area contributed by atoms with E-state index in [0.29, 0.717) is 24.8 Å². The molecule has 1 aliphatic rings. The lowest BCUT2D eigenvalue weighted by Gasteiger charge is -2.34. The quantitative estimate of drug-likeness (QED) is 0.876. The molecular formula is C18H26N2O3. The molecule has 1 amide bonds. The average Bonchev–Trinajstić information content (AvgIpc) is 2.46. The van der Waals surface area contributed by atoms with Crippen molar-refractivity contribution in [3.05, 3.63) is 29.8 Å². The molecule has 1 aromatic carbocycles. The number of piperidine rings is 1. The number of carbonyl (C=O) groups is 2. The van der Waals surface area contributed by atoms with E-state index in [1.54, 1.807) is 0 Å². The maximum atomic E-state index is 12.2. The normalized spacial score (nSPS) is 22.1. The van der Waals surface area contributed by atoms with Gasteiger partial charge in [0.2, 0.25) is 5.91 Å². The number of hydrogen-bond donors (Lipinski definition) is 2. The maximum absolute atomic E-state index is 12.2. The molecular weight excluding hydrogens is 292 g/mol. The second-order valence-electron chi connectivity index (χ2n) is 6.90. The zero-order valence-electron chi connectivity index (χ0n) is 14.1. The van der Waals surface area contributed by atoms with Gasteiger partial charge in [0.05, 0.1) is 12.5 Å². The van der Waals surface area contributed by atoms with Crippen LogP contribution in [0.25, 0.3) is 0 Å². The summed E-state index contributed by atoms with van der Waals surface area (Å²) in [4.78, 5) is 25.4. The van der Waals surface area contributed by atoms with Crippen LogP contribution in [0.15, 0.2) is 24.3 Å². The highest BCUT2D eigenvalue weighted by Gasteiger charge is 2.30. The molecule has 23 heavy (non-hydrogen) atoms. The Bertz CT molecular complexity index is 571. The number of likely N-dealkylation sites (tertiary alicyclic amines) is 1. The Balaban J connectivity index is 1.94. The molecule has 1 heterocycles. The van der Waals surface area contributed by atoms with Crippen LogP contribution < -0.4 is 5.32 Å². The monoisotopic (exact) mass is 318 g/mol. The molecule has 5 heteroatoms. The Morgan fingerprint density at radius 3 is 2.74 bits per heavy atom. The summed E-state index contributed by atoms with van der Waals surface area (Å²) in [5, 5.41) is 12.1. The van der Waals surface area contributed by atoms with Crippen LogP contribution in [0.2, 0.25) is 0 Å². The number of anilines is 1. The molecule has 5 nitrogen and oxygen atoms in total. The molecule has 0 aromatic heterocycles. The van der Waals surface area contributed by atoms with Crippen molar-refractivity contribution in [2.24, 2.45) is 11.8 Å². The minimum Gasteiger partial charge on any atom is -0.481 e. The van der Waals surface area contributed by atoms with Crippen molar-refractivity contribution in [1.82, 2.24) is 4.90 Å². The van der Waals surface area contributed by atoms with E-state index in [0.717, 1.165) is 12.2 Å². The van der Waals surface area contributed by atoms with E-state index in [9.17, 15) is 14.7 Å². The lowest BCUT2D eigenvalue weighted by Crippen LogP contribution is -2.45.